The molecule has 0 aromatic heterocycles. The van der Waals surface area contributed by atoms with Crippen molar-refractivity contribution in [3.63, 3.8) is 0 Å². The molecule has 0 spiro atoms. The van der Waals surface area contributed by atoms with Crippen LogP contribution >= 0.6 is 11.6 Å². The Morgan fingerprint density at radius 3 is 2.55 bits per heavy atom. The largest absolute Gasteiger partial charge is 0.491 e. The summed E-state index contributed by atoms with van der Waals surface area (Å²) in [5.74, 6) is 0.697. The predicted octanol–water partition coefficient (Wildman–Crippen LogP) is 2.48. The number of hydrogen-bond donors (Lipinski definition) is 2. The topological polar surface area (TPSA) is 50.7 Å². The number of hydrogen-bond acceptors (Lipinski definition) is 4. The Kier molecular flexibility index (Phi) is 7.30. The minimum Gasteiger partial charge on any atom is -0.491 e. The first kappa shape index (κ1) is 17.2. The lowest BCUT2D eigenvalue weighted by Gasteiger charge is -2.25. The highest BCUT2D eigenvalue weighted by atomic mass is 35.5. The molecular weight excluding hydrogens is 278 g/mol. The van der Waals surface area contributed by atoms with Crippen LogP contribution in [0.25, 0.3) is 0 Å². The van der Waals surface area contributed by atoms with Gasteiger partial charge in [-0.3, -0.25) is 0 Å². The molecule has 1 rings (SSSR count). The van der Waals surface area contributed by atoms with Crippen molar-refractivity contribution < 1.29 is 14.6 Å². The number of aliphatic hydroxyl groups is 1. The lowest BCUT2D eigenvalue weighted by molar-refractivity contribution is -0.0112. The molecule has 0 bridgehead atoms. The smallest absolute Gasteiger partial charge is 0.119 e. The third kappa shape index (κ3) is 7.10. The summed E-state index contributed by atoms with van der Waals surface area (Å²) in [5.41, 5.74) is -0.231. The molecule has 0 saturated carbocycles. The van der Waals surface area contributed by atoms with E-state index < -0.39 is 6.10 Å². The Morgan fingerprint density at radius 2 is 1.95 bits per heavy atom. The van der Waals surface area contributed by atoms with Crippen LogP contribution in [0.2, 0.25) is 5.02 Å². The average Bonchev–Trinajstić information content (AvgIpc) is 2.37. The second-order valence-electron chi connectivity index (χ2n) is 5.24. The van der Waals surface area contributed by atoms with Gasteiger partial charge in [-0.15, -0.1) is 0 Å². The third-order valence-electron chi connectivity index (χ3n) is 2.72. The number of halogens is 1. The van der Waals surface area contributed by atoms with Gasteiger partial charge in [-0.1, -0.05) is 11.6 Å². The van der Waals surface area contributed by atoms with Gasteiger partial charge in [0.2, 0.25) is 0 Å². The first-order chi connectivity index (χ1) is 9.43. The fourth-order valence-electron chi connectivity index (χ4n) is 1.76. The summed E-state index contributed by atoms with van der Waals surface area (Å²) in [4.78, 5) is 0. The van der Waals surface area contributed by atoms with Crippen molar-refractivity contribution in [3.05, 3.63) is 29.3 Å². The second kappa shape index (κ2) is 8.47. The molecule has 1 aromatic rings. The highest BCUT2D eigenvalue weighted by Crippen LogP contribution is 2.15. The van der Waals surface area contributed by atoms with E-state index in [2.05, 4.69) is 5.32 Å². The van der Waals surface area contributed by atoms with E-state index in [-0.39, 0.29) is 12.2 Å². The molecule has 0 saturated heterocycles. The van der Waals surface area contributed by atoms with Gasteiger partial charge in [0, 0.05) is 24.7 Å². The van der Waals surface area contributed by atoms with Crippen LogP contribution in [0.3, 0.4) is 0 Å². The molecular formula is C15H24ClNO3. The molecule has 5 heteroatoms. The Morgan fingerprint density at radius 1 is 1.30 bits per heavy atom. The van der Waals surface area contributed by atoms with Crippen LogP contribution in [0.4, 0.5) is 0 Å². The van der Waals surface area contributed by atoms with Gasteiger partial charge in [-0.05, 0) is 45.0 Å². The van der Waals surface area contributed by atoms with Crippen LogP contribution < -0.4 is 10.1 Å². The van der Waals surface area contributed by atoms with Gasteiger partial charge in [0.25, 0.3) is 0 Å². The first-order valence-corrected chi connectivity index (χ1v) is 7.22. The molecule has 0 fully saturated rings. The number of rotatable bonds is 9. The summed E-state index contributed by atoms with van der Waals surface area (Å²) in [6.45, 7) is 8.06. The van der Waals surface area contributed by atoms with Crippen molar-refractivity contribution >= 4 is 11.6 Å². The van der Waals surface area contributed by atoms with Gasteiger partial charge in [0.1, 0.15) is 18.5 Å². The van der Waals surface area contributed by atoms with Crippen molar-refractivity contribution in [1.82, 2.24) is 5.32 Å². The van der Waals surface area contributed by atoms with Crippen molar-refractivity contribution in [3.8, 4) is 5.75 Å². The summed E-state index contributed by atoms with van der Waals surface area (Å²) in [5, 5.41) is 13.7. The van der Waals surface area contributed by atoms with E-state index in [0.717, 1.165) is 0 Å². The monoisotopic (exact) mass is 301 g/mol. The Hall–Kier alpha value is -0.810. The van der Waals surface area contributed by atoms with E-state index >= 15 is 0 Å². The molecule has 1 aromatic carbocycles. The molecule has 114 valence electrons. The van der Waals surface area contributed by atoms with E-state index in [9.17, 15) is 5.11 Å². The Bertz CT molecular complexity index is 381. The van der Waals surface area contributed by atoms with Gasteiger partial charge >= 0.3 is 0 Å². The molecule has 1 atom stereocenters. The Labute approximate surface area is 126 Å². The van der Waals surface area contributed by atoms with Crippen molar-refractivity contribution in [2.24, 2.45) is 0 Å². The average molecular weight is 302 g/mol. The normalized spacial score (nSPS) is 13.2. The number of nitrogens with one attached hydrogen (secondary N) is 1. The first-order valence-electron chi connectivity index (χ1n) is 6.84. The van der Waals surface area contributed by atoms with Gasteiger partial charge < -0.3 is 19.9 Å². The summed E-state index contributed by atoms with van der Waals surface area (Å²) >= 11 is 5.78. The molecule has 2 N–H and O–H groups in total. The Balaban J connectivity index is 2.20. The van der Waals surface area contributed by atoms with Crippen LogP contribution in [0.15, 0.2) is 24.3 Å². The predicted molar refractivity (Wildman–Crippen MR) is 81.5 cm³/mol. The van der Waals surface area contributed by atoms with Gasteiger partial charge in [0.15, 0.2) is 0 Å². The van der Waals surface area contributed by atoms with E-state index in [0.29, 0.717) is 30.5 Å². The standard InChI is InChI=1S/C15H24ClNO3/c1-4-20-15(2,3)11-17-9-13(18)10-19-14-7-5-12(16)6-8-14/h5-8,13,17-18H,4,9-11H2,1-3H3. The van der Waals surface area contributed by atoms with Crippen molar-refractivity contribution in [2.75, 3.05) is 26.3 Å². The zero-order valence-corrected chi connectivity index (χ0v) is 13.1. The van der Waals surface area contributed by atoms with E-state index in [1.165, 1.54) is 0 Å². The van der Waals surface area contributed by atoms with Crippen LogP contribution in [-0.4, -0.2) is 43.1 Å². The van der Waals surface area contributed by atoms with Gasteiger partial charge in [-0.2, -0.15) is 0 Å². The zero-order valence-electron chi connectivity index (χ0n) is 12.4. The number of benzene rings is 1. The molecule has 1 unspecified atom stereocenters. The van der Waals surface area contributed by atoms with E-state index in [1.54, 1.807) is 24.3 Å². The summed E-state index contributed by atoms with van der Waals surface area (Å²) in [6, 6.07) is 7.07. The zero-order chi connectivity index (χ0) is 15.0. The maximum Gasteiger partial charge on any atom is 0.119 e. The SMILES string of the molecule is CCOC(C)(C)CNCC(O)COc1ccc(Cl)cc1. The molecule has 0 aliphatic heterocycles. The van der Waals surface area contributed by atoms with Crippen LogP contribution in [-0.2, 0) is 4.74 Å². The molecule has 4 nitrogen and oxygen atoms in total. The quantitative estimate of drug-likeness (QED) is 0.736. The van der Waals surface area contributed by atoms with Crippen LogP contribution in [0.1, 0.15) is 20.8 Å². The third-order valence-corrected chi connectivity index (χ3v) is 2.97. The van der Waals surface area contributed by atoms with Crippen molar-refractivity contribution in [1.29, 1.82) is 0 Å². The van der Waals surface area contributed by atoms with Gasteiger partial charge in [-0.25, -0.2) is 0 Å². The molecule has 0 aliphatic rings. The fraction of sp³-hybridized carbons (Fsp3) is 0.600. The number of aliphatic hydroxyl groups excluding tert-OH is 1. The highest BCUT2D eigenvalue weighted by molar-refractivity contribution is 6.30. The van der Waals surface area contributed by atoms with E-state index in [1.807, 2.05) is 20.8 Å². The molecule has 0 heterocycles. The van der Waals surface area contributed by atoms with E-state index in [4.69, 9.17) is 21.1 Å². The lowest BCUT2D eigenvalue weighted by atomic mass is 10.1. The fourth-order valence-corrected chi connectivity index (χ4v) is 1.89. The highest BCUT2D eigenvalue weighted by Gasteiger charge is 2.17. The minimum atomic E-state index is -0.567. The summed E-state index contributed by atoms with van der Waals surface area (Å²) < 4.78 is 11.0. The van der Waals surface area contributed by atoms with Crippen molar-refractivity contribution in [2.45, 2.75) is 32.5 Å². The molecule has 20 heavy (non-hydrogen) atoms. The van der Waals surface area contributed by atoms with Crippen LogP contribution in [0, 0.1) is 0 Å². The second-order valence-corrected chi connectivity index (χ2v) is 5.68. The summed E-state index contributed by atoms with van der Waals surface area (Å²) in [6.07, 6.45) is -0.567. The maximum absolute atomic E-state index is 9.84. The number of ether oxygens (including phenoxy) is 2. The molecule has 0 radical (unpaired) electrons. The summed E-state index contributed by atoms with van der Waals surface area (Å²) in [7, 11) is 0. The molecule has 0 amide bonds. The van der Waals surface area contributed by atoms with Gasteiger partial charge in [0.05, 0.1) is 5.60 Å². The minimum absolute atomic E-state index is 0.231. The maximum atomic E-state index is 9.84. The lowest BCUT2D eigenvalue weighted by Crippen LogP contribution is -2.41. The molecule has 0 aliphatic carbocycles. The van der Waals surface area contributed by atoms with Crippen LogP contribution in [0.5, 0.6) is 5.75 Å².